The Morgan fingerprint density at radius 2 is 2.07 bits per heavy atom. The second kappa shape index (κ2) is 5.07. The Morgan fingerprint density at radius 1 is 1.40 bits per heavy atom. The number of nitrogens with two attached hydrogens (primary N) is 1. The van der Waals surface area contributed by atoms with Crippen molar-refractivity contribution in [1.82, 2.24) is 0 Å². The van der Waals surface area contributed by atoms with Crippen LogP contribution in [-0.2, 0) is 0 Å². The third-order valence-corrected chi connectivity index (χ3v) is 2.41. The van der Waals surface area contributed by atoms with E-state index in [4.69, 9.17) is 10.5 Å². The van der Waals surface area contributed by atoms with Gasteiger partial charge in [0.2, 0.25) is 0 Å². The molecule has 15 heavy (non-hydrogen) atoms. The highest BCUT2D eigenvalue weighted by Crippen LogP contribution is 2.32. The van der Waals surface area contributed by atoms with Crippen LogP contribution in [0.2, 0.25) is 0 Å². The average Bonchev–Trinajstić information content (AvgIpc) is 2.22. The number of benzene rings is 1. The molecule has 0 aromatic heterocycles. The number of halogens is 2. The first-order chi connectivity index (χ1) is 7.11. The Morgan fingerprint density at radius 3 is 2.60 bits per heavy atom. The second-order valence-electron chi connectivity index (χ2n) is 3.46. The van der Waals surface area contributed by atoms with Crippen LogP contribution in [-0.4, -0.2) is 13.7 Å². The lowest BCUT2D eigenvalue weighted by molar-refractivity contribution is 0.391. The second-order valence-corrected chi connectivity index (χ2v) is 3.46. The van der Waals surface area contributed by atoms with E-state index in [9.17, 15) is 8.78 Å². The average molecular weight is 215 g/mol. The monoisotopic (exact) mass is 215 g/mol. The van der Waals surface area contributed by atoms with Gasteiger partial charge >= 0.3 is 0 Å². The van der Waals surface area contributed by atoms with Gasteiger partial charge in [-0.3, -0.25) is 0 Å². The molecule has 0 fully saturated rings. The molecule has 4 heteroatoms. The fourth-order valence-electron chi connectivity index (χ4n) is 1.58. The number of ether oxygens (including phenoxy) is 1. The van der Waals surface area contributed by atoms with Gasteiger partial charge in [0.05, 0.1) is 7.11 Å². The molecule has 0 saturated heterocycles. The Kier molecular flexibility index (Phi) is 4.03. The smallest absolute Gasteiger partial charge is 0.165 e. The highest BCUT2D eigenvalue weighted by molar-refractivity contribution is 5.37. The van der Waals surface area contributed by atoms with E-state index < -0.39 is 11.6 Å². The molecule has 2 N–H and O–H groups in total. The normalized spacial score (nSPS) is 12.6. The van der Waals surface area contributed by atoms with E-state index in [0.717, 1.165) is 6.07 Å². The van der Waals surface area contributed by atoms with Crippen LogP contribution >= 0.6 is 0 Å². The molecule has 2 nitrogen and oxygen atoms in total. The minimum absolute atomic E-state index is 0.152. The molecule has 0 bridgehead atoms. The van der Waals surface area contributed by atoms with Gasteiger partial charge in [-0.05, 0) is 31.0 Å². The quantitative estimate of drug-likeness (QED) is 0.837. The topological polar surface area (TPSA) is 35.2 Å². The van der Waals surface area contributed by atoms with Crippen molar-refractivity contribution in [3.05, 3.63) is 29.3 Å². The van der Waals surface area contributed by atoms with Crippen LogP contribution in [0, 0.1) is 11.6 Å². The predicted octanol–water partition coefficient (Wildman–Crippen LogP) is 2.43. The van der Waals surface area contributed by atoms with Crippen molar-refractivity contribution in [2.45, 2.75) is 19.3 Å². The van der Waals surface area contributed by atoms with Crippen LogP contribution in [0.25, 0.3) is 0 Å². The van der Waals surface area contributed by atoms with Crippen molar-refractivity contribution in [3.8, 4) is 5.75 Å². The molecule has 1 atom stereocenters. The van der Waals surface area contributed by atoms with E-state index in [1.807, 2.05) is 0 Å². The Balaban J connectivity index is 3.17. The summed E-state index contributed by atoms with van der Waals surface area (Å²) in [5.41, 5.74) is 5.66. The Hall–Kier alpha value is -1.16. The SMILES string of the molecule is COc1ccc(F)c(F)c1C(C)CCN. The molecule has 1 aromatic rings. The first-order valence-electron chi connectivity index (χ1n) is 4.83. The van der Waals surface area contributed by atoms with Crippen LogP contribution in [0.4, 0.5) is 8.78 Å². The highest BCUT2D eigenvalue weighted by atomic mass is 19.2. The van der Waals surface area contributed by atoms with Gasteiger partial charge < -0.3 is 10.5 Å². The van der Waals surface area contributed by atoms with Gasteiger partial charge in [-0.1, -0.05) is 6.92 Å². The number of hydrogen-bond donors (Lipinski definition) is 1. The number of hydrogen-bond acceptors (Lipinski definition) is 2. The standard InChI is InChI=1S/C11H15F2NO/c1-7(5-6-14)10-9(15-2)4-3-8(12)11(10)13/h3-4,7H,5-6,14H2,1-2H3. The maximum Gasteiger partial charge on any atom is 0.165 e. The van der Waals surface area contributed by atoms with Crippen LogP contribution in [0.1, 0.15) is 24.8 Å². The van der Waals surface area contributed by atoms with Crippen LogP contribution in [0.3, 0.4) is 0 Å². The molecule has 1 aromatic carbocycles. The van der Waals surface area contributed by atoms with Crippen molar-refractivity contribution in [1.29, 1.82) is 0 Å². The van der Waals surface area contributed by atoms with E-state index in [0.29, 0.717) is 18.7 Å². The molecular weight excluding hydrogens is 200 g/mol. The van der Waals surface area contributed by atoms with E-state index in [1.165, 1.54) is 13.2 Å². The summed E-state index contributed by atoms with van der Waals surface area (Å²) in [6, 6.07) is 2.49. The fraction of sp³-hybridized carbons (Fsp3) is 0.455. The highest BCUT2D eigenvalue weighted by Gasteiger charge is 2.19. The summed E-state index contributed by atoms with van der Waals surface area (Å²) in [5.74, 6) is -1.47. The van der Waals surface area contributed by atoms with Gasteiger partial charge in [0.1, 0.15) is 5.75 Å². The van der Waals surface area contributed by atoms with Gasteiger partial charge in [0, 0.05) is 5.56 Å². The first kappa shape index (κ1) is 11.9. The van der Waals surface area contributed by atoms with Gasteiger partial charge in [-0.15, -0.1) is 0 Å². The lowest BCUT2D eigenvalue weighted by atomic mass is 9.96. The van der Waals surface area contributed by atoms with Gasteiger partial charge in [-0.25, -0.2) is 8.78 Å². The molecule has 0 saturated carbocycles. The van der Waals surface area contributed by atoms with Gasteiger partial charge in [0.15, 0.2) is 11.6 Å². The zero-order chi connectivity index (χ0) is 11.4. The number of methoxy groups -OCH3 is 1. The predicted molar refractivity (Wildman–Crippen MR) is 55.0 cm³/mol. The zero-order valence-corrected chi connectivity index (χ0v) is 8.89. The molecule has 0 aliphatic rings. The van der Waals surface area contributed by atoms with Crippen LogP contribution in [0.5, 0.6) is 5.75 Å². The van der Waals surface area contributed by atoms with Gasteiger partial charge in [-0.2, -0.15) is 0 Å². The summed E-state index contributed by atoms with van der Waals surface area (Å²) in [7, 11) is 1.44. The lowest BCUT2D eigenvalue weighted by Gasteiger charge is -2.15. The Bertz CT molecular complexity index is 342. The molecule has 0 radical (unpaired) electrons. The van der Waals surface area contributed by atoms with E-state index in [2.05, 4.69) is 0 Å². The summed E-state index contributed by atoms with van der Waals surface area (Å²) in [5, 5.41) is 0. The summed E-state index contributed by atoms with van der Waals surface area (Å²) in [4.78, 5) is 0. The summed E-state index contributed by atoms with van der Waals surface area (Å²) < 4.78 is 31.6. The van der Waals surface area contributed by atoms with E-state index in [-0.39, 0.29) is 11.5 Å². The molecule has 84 valence electrons. The first-order valence-corrected chi connectivity index (χ1v) is 4.83. The van der Waals surface area contributed by atoms with Crippen LogP contribution in [0.15, 0.2) is 12.1 Å². The largest absolute Gasteiger partial charge is 0.496 e. The van der Waals surface area contributed by atoms with Crippen molar-refractivity contribution in [2.24, 2.45) is 5.73 Å². The number of rotatable bonds is 4. The third kappa shape index (κ3) is 2.45. The fourth-order valence-corrected chi connectivity index (χ4v) is 1.58. The Labute approximate surface area is 88.0 Å². The molecule has 0 amide bonds. The summed E-state index contributed by atoms with van der Waals surface area (Å²) in [6.45, 7) is 2.23. The van der Waals surface area contributed by atoms with E-state index in [1.54, 1.807) is 6.92 Å². The zero-order valence-electron chi connectivity index (χ0n) is 8.89. The van der Waals surface area contributed by atoms with Crippen molar-refractivity contribution in [2.75, 3.05) is 13.7 Å². The molecule has 0 spiro atoms. The molecule has 1 rings (SSSR count). The molecule has 1 unspecified atom stereocenters. The molecule has 0 aliphatic carbocycles. The maximum atomic E-state index is 13.5. The molecule has 0 aliphatic heterocycles. The summed E-state index contributed by atoms with van der Waals surface area (Å²) >= 11 is 0. The van der Waals surface area contributed by atoms with Crippen molar-refractivity contribution < 1.29 is 13.5 Å². The van der Waals surface area contributed by atoms with Crippen molar-refractivity contribution >= 4 is 0 Å². The van der Waals surface area contributed by atoms with Gasteiger partial charge in [0.25, 0.3) is 0 Å². The lowest BCUT2D eigenvalue weighted by Crippen LogP contribution is -2.08. The van der Waals surface area contributed by atoms with Crippen molar-refractivity contribution in [3.63, 3.8) is 0 Å². The third-order valence-electron chi connectivity index (χ3n) is 2.41. The minimum Gasteiger partial charge on any atom is -0.496 e. The van der Waals surface area contributed by atoms with E-state index >= 15 is 0 Å². The maximum absolute atomic E-state index is 13.5. The molecular formula is C11H15F2NO. The van der Waals surface area contributed by atoms with Crippen LogP contribution < -0.4 is 10.5 Å². The molecule has 0 heterocycles. The minimum atomic E-state index is -0.852. The summed E-state index contributed by atoms with van der Waals surface area (Å²) in [6.07, 6.45) is 0.594.